The molecule has 5 aliphatic carbocycles. The summed E-state index contributed by atoms with van der Waals surface area (Å²) < 4.78 is 6.31. The number of carboxylic acid groups (broad SMARTS) is 1. The highest BCUT2D eigenvalue weighted by atomic mass is 16.5. The molecule has 0 spiro atoms. The molecule has 6 nitrogen and oxygen atoms in total. The Morgan fingerprint density at radius 2 is 1.49 bits per heavy atom. The van der Waals surface area contributed by atoms with E-state index in [0.29, 0.717) is 34.0 Å². The van der Waals surface area contributed by atoms with Crippen molar-refractivity contribution >= 4 is 11.9 Å². The first-order valence-corrected chi connectivity index (χ1v) is 23.4. The van der Waals surface area contributed by atoms with Gasteiger partial charge in [-0.25, -0.2) is 0 Å². The van der Waals surface area contributed by atoms with Gasteiger partial charge in [0.05, 0.1) is 12.8 Å². The fourth-order valence-corrected chi connectivity index (χ4v) is 14.9. The predicted octanol–water partition coefficient (Wildman–Crippen LogP) is 12.0. The molecule has 6 rings (SSSR count). The quantitative estimate of drug-likeness (QED) is 0.110. The summed E-state index contributed by atoms with van der Waals surface area (Å²) in [6.07, 6.45) is 18.1. The first kappa shape index (κ1) is 46.3. The standard InChI is InChI=1S/C45H76N2O4.2C2H6/c1-31(2)32-15-20-45(23-25-46-24-12-28-47-26-10-11-27-47)22-21-43(8)33(39(32)45)13-14-35-42(7)18-17-36(41(5,6)34(42)16-19-44(35,43)9)51-38(50)30-40(3,4)29-37(48)49;2*1-2/h32-36,39,46H,1,10-30H2,2-9H3,(H,48,49);2*1-2H3/t32-,33+,34?,35?,36?,39?,42-,43+,44+,45+;;/m0../s1. The lowest BCUT2D eigenvalue weighted by Gasteiger charge is -2.73. The maximum Gasteiger partial charge on any atom is 0.306 e. The number of aliphatic carboxylic acids is 1. The van der Waals surface area contributed by atoms with Crippen LogP contribution >= 0.6 is 0 Å². The summed E-state index contributed by atoms with van der Waals surface area (Å²) in [6, 6.07) is 0. The summed E-state index contributed by atoms with van der Waals surface area (Å²) in [6.45, 7) is 37.7. The number of fused-ring (bicyclic) bond motifs is 7. The number of carbonyl (C=O) groups is 2. The summed E-state index contributed by atoms with van der Waals surface area (Å²) in [5.74, 6) is 2.30. The monoisotopic (exact) mass is 769 g/mol. The molecule has 0 aromatic carbocycles. The van der Waals surface area contributed by atoms with Gasteiger partial charge in [0, 0.05) is 5.41 Å². The van der Waals surface area contributed by atoms with Gasteiger partial charge in [0.15, 0.2) is 0 Å². The van der Waals surface area contributed by atoms with Crippen LogP contribution in [-0.2, 0) is 14.3 Å². The van der Waals surface area contributed by atoms with Crippen LogP contribution in [0.25, 0.3) is 0 Å². The summed E-state index contributed by atoms with van der Waals surface area (Å²) in [7, 11) is 0. The van der Waals surface area contributed by atoms with Gasteiger partial charge in [-0.3, -0.25) is 9.59 Å². The molecule has 0 bridgehead atoms. The second kappa shape index (κ2) is 18.3. The van der Waals surface area contributed by atoms with Crippen LogP contribution in [0, 0.1) is 62.1 Å². The van der Waals surface area contributed by atoms with Crippen LogP contribution in [0.2, 0.25) is 0 Å². The Morgan fingerprint density at radius 3 is 2.13 bits per heavy atom. The van der Waals surface area contributed by atoms with E-state index in [1.165, 1.54) is 109 Å². The minimum Gasteiger partial charge on any atom is -0.481 e. The Hall–Kier alpha value is -1.40. The average Bonchev–Trinajstić information content (AvgIpc) is 3.78. The van der Waals surface area contributed by atoms with Gasteiger partial charge >= 0.3 is 11.9 Å². The molecule has 0 aromatic rings. The van der Waals surface area contributed by atoms with Gasteiger partial charge in [0.1, 0.15) is 6.10 Å². The number of nitrogens with one attached hydrogen (secondary N) is 1. The molecule has 6 fully saturated rings. The fraction of sp³-hybridized carbons (Fsp3) is 0.918. The molecular weight excluding hydrogens is 681 g/mol. The second-order valence-electron chi connectivity index (χ2n) is 21.2. The van der Waals surface area contributed by atoms with E-state index in [4.69, 9.17) is 4.74 Å². The zero-order valence-electron chi connectivity index (χ0n) is 38.1. The molecule has 1 heterocycles. The molecule has 1 aliphatic heterocycles. The highest BCUT2D eigenvalue weighted by molar-refractivity contribution is 5.73. The fourth-order valence-electron chi connectivity index (χ4n) is 14.9. The smallest absolute Gasteiger partial charge is 0.306 e. The Balaban J connectivity index is 0.00000163. The number of hydrogen-bond donors (Lipinski definition) is 2. The molecule has 5 saturated carbocycles. The van der Waals surface area contributed by atoms with Crippen molar-refractivity contribution in [2.75, 3.05) is 32.7 Å². The molecule has 10 atom stereocenters. The third-order valence-corrected chi connectivity index (χ3v) is 17.5. The molecular formula is C49H88N2O4. The van der Waals surface area contributed by atoms with Crippen molar-refractivity contribution in [3.8, 4) is 0 Å². The number of esters is 1. The second-order valence-corrected chi connectivity index (χ2v) is 21.2. The third-order valence-electron chi connectivity index (χ3n) is 17.5. The van der Waals surface area contributed by atoms with E-state index in [1.807, 2.05) is 41.5 Å². The molecule has 0 amide bonds. The Kier molecular flexibility index (Phi) is 15.4. The summed E-state index contributed by atoms with van der Waals surface area (Å²) in [5, 5.41) is 13.3. The SMILES string of the molecule is C=C(C)[C@@H]1CC[C@]2(CCNCCCN3CCCC3)CC[C@]3(C)[C@H](CCC4[C@@]5(C)CCC(OC(=O)CC(C)(C)CC(=O)O)C(C)(C)C5CC[C@]43C)C12.CC.CC. The van der Waals surface area contributed by atoms with Crippen LogP contribution in [0.1, 0.15) is 186 Å². The molecule has 6 aliphatic rings. The lowest BCUT2D eigenvalue weighted by Crippen LogP contribution is -2.66. The van der Waals surface area contributed by atoms with Crippen LogP contribution < -0.4 is 5.32 Å². The number of carboxylic acids is 1. The Bertz CT molecular complexity index is 1300. The minimum absolute atomic E-state index is 0.0260. The van der Waals surface area contributed by atoms with Gasteiger partial charge < -0.3 is 20.1 Å². The first-order valence-electron chi connectivity index (χ1n) is 23.4. The van der Waals surface area contributed by atoms with Crippen molar-refractivity contribution in [1.82, 2.24) is 10.2 Å². The zero-order chi connectivity index (χ0) is 41.0. The van der Waals surface area contributed by atoms with Crippen LogP contribution in [0.5, 0.6) is 0 Å². The molecule has 318 valence electrons. The maximum absolute atomic E-state index is 13.2. The van der Waals surface area contributed by atoms with E-state index in [-0.39, 0.29) is 35.7 Å². The van der Waals surface area contributed by atoms with Crippen molar-refractivity contribution < 1.29 is 19.4 Å². The van der Waals surface area contributed by atoms with Crippen molar-refractivity contribution in [3.63, 3.8) is 0 Å². The van der Waals surface area contributed by atoms with Crippen molar-refractivity contribution in [3.05, 3.63) is 12.2 Å². The van der Waals surface area contributed by atoms with Gasteiger partial charge in [0.2, 0.25) is 0 Å². The van der Waals surface area contributed by atoms with Crippen LogP contribution in [0.15, 0.2) is 12.2 Å². The normalized spacial score (nSPS) is 39.1. The molecule has 2 N–H and O–H groups in total. The molecule has 0 radical (unpaired) electrons. The zero-order valence-corrected chi connectivity index (χ0v) is 38.1. The number of likely N-dealkylation sites (tertiary alicyclic amines) is 1. The highest BCUT2D eigenvalue weighted by Gasteiger charge is 2.71. The highest BCUT2D eigenvalue weighted by Crippen LogP contribution is 2.78. The number of allylic oxidation sites excluding steroid dienone is 1. The van der Waals surface area contributed by atoms with Crippen molar-refractivity contribution in [2.45, 2.75) is 192 Å². The van der Waals surface area contributed by atoms with E-state index in [0.717, 1.165) is 31.2 Å². The minimum atomic E-state index is -0.863. The lowest BCUT2D eigenvalue weighted by atomic mass is 9.32. The Labute approximate surface area is 339 Å². The molecule has 0 aromatic heterocycles. The summed E-state index contributed by atoms with van der Waals surface area (Å²) >= 11 is 0. The van der Waals surface area contributed by atoms with E-state index >= 15 is 0 Å². The number of ether oxygens (including phenoxy) is 1. The predicted molar refractivity (Wildman–Crippen MR) is 230 cm³/mol. The van der Waals surface area contributed by atoms with Gasteiger partial charge in [-0.15, -0.1) is 0 Å². The first-order chi connectivity index (χ1) is 25.9. The molecule has 6 heteroatoms. The Morgan fingerprint density at radius 1 is 0.818 bits per heavy atom. The van der Waals surface area contributed by atoms with Crippen LogP contribution in [0.4, 0.5) is 0 Å². The topological polar surface area (TPSA) is 78.9 Å². The number of rotatable bonds is 13. The number of carbonyl (C=O) groups excluding carboxylic acids is 1. The van der Waals surface area contributed by atoms with Crippen molar-refractivity contribution in [2.24, 2.45) is 62.1 Å². The largest absolute Gasteiger partial charge is 0.481 e. The van der Waals surface area contributed by atoms with Gasteiger partial charge in [-0.2, -0.15) is 0 Å². The van der Waals surface area contributed by atoms with E-state index in [9.17, 15) is 14.7 Å². The summed E-state index contributed by atoms with van der Waals surface area (Å²) in [4.78, 5) is 27.3. The molecule has 1 saturated heterocycles. The van der Waals surface area contributed by atoms with E-state index in [1.54, 1.807) is 0 Å². The van der Waals surface area contributed by atoms with Gasteiger partial charge in [-0.1, -0.05) is 88.3 Å². The number of nitrogens with zero attached hydrogens (tertiary/aromatic N) is 1. The van der Waals surface area contributed by atoms with E-state index < -0.39 is 11.4 Å². The summed E-state index contributed by atoms with van der Waals surface area (Å²) in [5.41, 5.74) is 2.05. The van der Waals surface area contributed by atoms with Crippen LogP contribution in [0.3, 0.4) is 0 Å². The third kappa shape index (κ3) is 8.96. The van der Waals surface area contributed by atoms with E-state index in [2.05, 4.69) is 58.3 Å². The molecule has 55 heavy (non-hydrogen) atoms. The maximum atomic E-state index is 13.2. The van der Waals surface area contributed by atoms with Gasteiger partial charge in [-0.05, 0) is 186 Å². The van der Waals surface area contributed by atoms with Crippen molar-refractivity contribution in [1.29, 1.82) is 0 Å². The van der Waals surface area contributed by atoms with Gasteiger partial charge in [0.25, 0.3) is 0 Å². The molecule has 4 unspecified atom stereocenters. The number of hydrogen-bond acceptors (Lipinski definition) is 5. The average molecular weight is 769 g/mol. The lowest BCUT2D eigenvalue weighted by molar-refractivity contribution is -0.250. The van der Waals surface area contributed by atoms with Crippen LogP contribution in [-0.4, -0.2) is 60.8 Å².